The molecule has 2 aliphatic rings. The van der Waals surface area contributed by atoms with E-state index in [2.05, 4.69) is 13.8 Å². The molecule has 4 nitrogen and oxygen atoms in total. The molecule has 35 heavy (non-hydrogen) atoms. The maximum Gasteiger partial charge on any atom is 0.259 e. The predicted molar refractivity (Wildman–Crippen MR) is 138 cm³/mol. The molecule has 0 unspecified atom stereocenters. The Morgan fingerprint density at radius 3 is 2.51 bits per heavy atom. The molecule has 0 N–H and O–H groups in total. The SMILES string of the molecule is C[C@H]1CCC[C@H](C)N1C(=O)c1ccc2c(c1)N(Cc1c(F)cccc1Cl)C(=O)c1ccccc1S2. The second kappa shape index (κ2) is 9.67. The summed E-state index contributed by atoms with van der Waals surface area (Å²) in [7, 11) is 0. The summed E-state index contributed by atoms with van der Waals surface area (Å²) in [6.45, 7) is 4.12. The minimum absolute atomic E-state index is 0.0413. The number of rotatable bonds is 3. The first kappa shape index (κ1) is 23.9. The Hall–Kier alpha value is -2.83. The van der Waals surface area contributed by atoms with Crippen molar-refractivity contribution in [3.63, 3.8) is 0 Å². The van der Waals surface area contributed by atoms with Crippen LogP contribution in [0.15, 0.2) is 70.5 Å². The molecule has 180 valence electrons. The van der Waals surface area contributed by atoms with Gasteiger partial charge in [0.1, 0.15) is 5.82 Å². The topological polar surface area (TPSA) is 40.6 Å². The van der Waals surface area contributed by atoms with E-state index in [0.717, 1.165) is 29.1 Å². The Morgan fingerprint density at radius 2 is 1.77 bits per heavy atom. The van der Waals surface area contributed by atoms with E-state index < -0.39 is 5.82 Å². The first-order chi connectivity index (χ1) is 16.8. The van der Waals surface area contributed by atoms with Crippen LogP contribution in [0.2, 0.25) is 5.02 Å². The van der Waals surface area contributed by atoms with Crippen molar-refractivity contribution in [3.05, 3.63) is 88.2 Å². The molecular formula is C28H26ClFN2O2S. The molecule has 5 rings (SSSR count). The second-order valence-corrected chi connectivity index (χ2v) is 10.7. The summed E-state index contributed by atoms with van der Waals surface area (Å²) in [5, 5.41) is 0.257. The summed E-state index contributed by atoms with van der Waals surface area (Å²) < 4.78 is 14.8. The number of fused-ring (bicyclic) bond motifs is 2. The average molecular weight is 509 g/mol. The van der Waals surface area contributed by atoms with Gasteiger partial charge in [0.05, 0.1) is 17.8 Å². The normalized spacial score (nSPS) is 19.7. The summed E-state index contributed by atoms with van der Waals surface area (Å²) in [5.41, 5.74) is 1.88. The molecule has 2 aliphatic heterocycles. The highest BCUT2D eigenvalue weighted by molar-refractivity contribution is 7.99. The molecule has 0 aliphatic carbocycles. The fraction of sp³-hybridized carbons (Fsp3) is 0.286. The Morgan fingerprint density at radius 1 is 1.03 bits per heavy atom. The fourth-order valence-electron chi connectivity index (χ4n) is 5.02. The predicted octanol–water partition coefficient (Wildman–Crippen LogP) is 7.19. The van der Waals surface area contributed by atoms with E-state index in [0.29, 0.717) is 16.8 Å². The van der Waals surface area contributed by atoms with Crippen molar-refractivity contribution in [1.82, 2.24) is 4.90 Å². The number of piperidine rings is 1. The zero-order valence-corrected chi connectivity index (χ0v) is 21.2. The van der Waals surface area contributed by atoms with Crippen LogP contribution in [0.1, 0.15) is 59.4 Å². The van der Waals surface area contributed by atoms with E-state index in [1.54, 1.807) is 24.3 Å². The summed E-state index contributed by atoms with van der Waals surface area (Å²) in [6.07, 6.45) is 3.06. The summed E-state index contributed by atoms with van der Waals surface area (Å²) in [4.78, 5) is 32.5. The van der Waals surface area contributed by atoms with Gasteiger partial charge in [0.2, 0.25) is 0 Å². The maximum atomic E-state index is 14.8. The van der Waals surface area contributed by atoms with Gasteiger partial charge in [0.25, 0.3) is 11.8 Å². The third-order valence-corrected chi connectivity index (χ3v) is 8.38. The van der Waals surface area contributed by atoms with Gasteiger partial charge in [-0.2, -0.15) is 0 Å². The Labute approximate surface area is 214 Å². The van der Waals surface area contributed by atoms with Gasteiger partial charge in [-0.3, -0.25) is 9.59 Å². The molecule has 0 spiro atoms. The number of halogens is 2. The van der Waals surface area contributed by atoms with Crippen LogP contribution in [0.25, 0.3) is 0 Å². The fourth-order valence-corrected chi connectivity index (χ4v) is 6.30. The second-order valence-electron chi connectivity index (χ2n) is 9.21. The monoisotopic (exact) mass is 508 g/mol. The standard InChI is InChI=1S/C28H26ClFN2O2S/c1-17-7-5-8-18(2)32(17)27(33)19-13-14-26-24(15-19)31(16-21-22(29)10-6-11-23(21)30)28(34)20-9-3-4-12-25(20)35-26/h3-4,6,9-15,17-18H,5,7-8,16H2,1-2H3/t17-,18-/m0/s1. The van der Waals surface area contributed by atoms with Gasteiger partial charge in [0, 0.05) is 38.0 Å². The van der Waals surface area contributed by atoms with Crippen LogP contribution in [0, 0.1) is 5.82 Å². The van der Waals surface area contributed by atoms with Crippen molar-refractivity contribution in [2.45, 2.75) is 61.5 Å². The summed E-state index contributed by atoms with van der Waals surface area (Å²) >= 11 is 7.81. The molecule has 0 aromatic heterocycles. The van der Waals surface area contributed by atoms with Crippen LogP contribution in [0.3, 0.4) is 0 Å². The third-order valence-electron chi connectivity index (χ3n) is 6.89. The van der Waals surface area contributed by atoms with Crippen molar-refractivity contribution in [2.24, 2.45) is 0 Å². The Bertz CT molecular complexity index is 1280. The van der Waals surface area contributed by atoms with Crippen LogP contribution in [0.5, 0.6) is 0 Å². The number of carbonyl (C=O) groups excluding carboxylic acids is 2. The van der Waals surface area contributed by atoms with Crippen LogP contribution in [-0.2, 0) is 6.54 Å². The molecule has 2 amide bonds. The maximum absolute atomic E-state index is 14.8. The van der Waals surface area contributed by atoms with Gasteiger partial charge >= 0.3 is 0 Å². The number of amides is 2. The van der Waals surface area contributed by atoms with E-state index in [9.17, 15) is 14.0 Å². The van der Waals surface area contributed by atoms with Crippen molar-refractivity contribution >= 4 is 40.9 Å². The molecule has 0 bridgehead atoms. The first-order valence-corrected chi connectivity index (χ1v) is 13.0. The average Bonchev–Trinajstić information content (AvgIpc) is 2.95. The molecule has 3 aromatic carbocycles. The van der Waals surface area contributed by atoms with Crippen molar-refractivity contribution < 1.29 is 14.0 Å². The number of anilines is 1. The van der Waals surface area contributed by atoms with Crippen LogP contribution in [0.4, 0.5) is 10.1 Å². The van der Waals surface area contributed by atoms with Gasteiger partial charge in [-0.1, -0.05) is 41.6 Å². The number of nitrogens with zero attached hydrogens (tertiary/aromatic N) is 2. The van der Waals surface area contributed by atoms with Gasteiger partial charge in [-0.15, -0.1) is 0 Å². The smallest absolute Gasteiger partial charge is 0.259 e. The van der Waals surface area contributed by atoms with Crippen LogP contribution < -0.4 is 4.90 Å². The minimum Gasteiger partial charge on any atom is -0.333 e. The molecule has 7 heteroatoms. The minimum atomic E-state index is -0.472. The lowest BCUT2D eigenvalue weighted by Gasteiger charge is -2.39. The Balaban J connectivity index is 1.61. The summed E-state index contributed by atoms with van der Waals surface area (Å²) in [6, 6.07) is 17.7. The molecule has 0 radical (unpaired) electrons. The molecule has 2 atom stereocenters. The van der Waals surface area contributed by atoms with Crippen molar-refractivity contribution in [1.29, 1.82) is 0 Å². The summed E-state index contributed by atoms with van der Waals surface area (Å²) in [5.74, 6) is -0.772. The molecule has 3 aromatic rings. The Kier molecular flexibility index (Phi) is 6.60. The van der Waals surface area contributed by atoms with Gasteiger partial charge in [-0.25, -0.2) is 4.39 Å². The molecule has 1 fully saturated rings. The van der Waals surface area contributed by atoms with E-state index in [1.807, 2.05) is 35.2 Å². The molecule has 0 saturated carbocycles. The number of hydrogen-bond donors (Lipinski definition) is 0. The van der Waals surface area contributed by atoms with Gasteiger partial charge in [-0.05, 0) is 75.6 Å². The van der Waals surface area contributed by atoms with Crippen molar-refractivity contribution in [2.75, 3.05) is 4.90 Å². The van der Waals surface area contributed by atoms with E-state index in [4.69, 9.17) is 11.6 Å². The lowest BCUT2D eigenvalue weighted by Crippen LogP contribution is -2.47. The quantitative estimate of drug-likeness (QED) is 0.376. The first-order valence-electron chi connectivity index (χ1n) is 11.8. The van der Waals surface area contributed by atoms with Crippen LogP contribution in [-0.4, -0.2) is 28.8 Å². The van der Waals surface area contributed by atoms with E-state index in [-0.39, 0.29) is 41.0 Å². The lowest BCUT2D eigenvalue weighted by molar-refractivity contribution is 0.0510. The zero-order valence-electron chi connectivity index (χ0n) is 19.6. The lowest BCUT2D eigenvalue weighted by atomic mass is 9.96. The largest absolute Gasteiger partial charge is 0.333 e. The van der Waals surface area contributed by atoms with Gasteiger partial charge in [0.15, 0.2) is 0 Å². The molecule has 2 heterocycles. The highest BCUT2D eigenvalue weighted by Crippen LogP contribution is 2.43. The molecular weight excluding hydrogens is 483 g/mol. The zero-order chi connectivity index (χ0) is 24.7. The third kappa shape index (κ3) is 4.45. The number of hydrogen-bond acceptors (Lipinski definition) is 3. The van der Waals surface area contributed by atoms with E-state index >= 15 is 0 Å². The van der Waals surface area contributed by atoms with E-state index in [1.165, 1.54) is 22.7 Å². The number of carbonyl (C=O) groups is 2. The molecule has 1 saturated heterocycles. The van der Waals surface area contributed by atoms with Gasteiger partial charge < -0.3 is 9.80 Å². The van der Waals surface area contributed by atoms with Crippen molar-refractivity contribution in [3.8, 4) is 0 Å². The number of likely N-dealkylation sites (tertiary alicyclic amines) is 1. The number of benzene rings is 3. The highest BCUT2D eigenvalue weighted by atomic mass is 35.5. The van der Waals surface area contributed by atoms with Crippen LogP contribution >= 0.6 is 23.4 Å². The highest BCUT2D eigenvalue weighted by Gasteiger charge is 2.32.